The van der Waals surface area contributed by atoms with Gasteiger partial charge in [-0.2, -0.15) is 0 Å². The molecule has 124 valence electrons. The second-order valence-corrected chi connectivity index (χ2v) is 5.84. The van der Waals surface area contributed by atoms with Crippen LogP contribution in [0.15, 0.2) is 36.4 Å². The van der Waals surface area contributed by atoms with Crippen LogP contribution in [0.5, 0.6) is 17.2 Å². The highest BCUT2D eigenvalue weighted by Gasteiger charge is 2.21. The Kier molecular flexibility index (Phi) is 3.97. The monoisotopic (exact) mass is 323 g/mol. The first-order valence-corrected chi connectivity index (χ1v) is 7.72. The number of phenols is 1. The number of nitrogen functional groups attached to an aromatic ring is 1. The third-order valence-corrected chi connectivity index (χ3v) is 4.40. The fourth-order valence-electron chi connectivity index (χ4n) is 3.36. The molecule has 3 rings (SSSR count). The standard InChI is InChI=1S/C20H21NO3/c1-11-9-15(21)17(12(2)20(11)24-4)18-14-8-6-5-7-13(14)10-16(23-3)19(18)22/h5-10,22H,21H2,1-4H3. The number of nitrogens with two attached hydrogens (primary N) is 1. The van der Waals surface area contributed by atoms with Gasteiger partial charge in [0.15, 0.2) is 11.5 Å². The number of methoxy groups -OCH3 is 2. The number of rotatable bonds is 3. The van der Waals surface area contributed by atoms with Crippen LogP contribution in [-0.2, 0) is 0 Å². The van der Waals surface area contributed by atoms with Gasteiger partial charge in [0, 0.05) is 22.4 Å². The number of anilines is 1. The number of fused-ring (bicyclic) bond motifs is 1. The summed E-state index contributed by atoms with van der Waals surface area (Å²) in [5.41, 5.74) is 10.2. The predicted molar refractivity (Wildman–Crippen MR) is 98.0 cm³/mol. The van der Waals surface area contributed by atoms with Gasteiger partial charge in [-0.25, -0.2) is 0 Å². The van der Waals surface area contributed by atoms with E-state index in [4.69, 9.17) is 15.2 Å². The van der Waals surface area contributed by atoms with Crippen molar-refractivity contribution in [2.24, 2.45) is 0 Å². The van der Waals surface area contributed by atoms with Gasteiger partial charge in [0.1, 0.15) is 5.75 Å². The van der Waals surface area contributed by atoms with E-state index >= 15 is 0 Å². The van der Waals surface area contributed by atoms with Crippen molar-refractivity contribution in [3.63, 3.8) is 0 Å². The van der Waals surface area contributed by atoms with Crippen molar-refractivity contribution in [1.29, 1.82) is 0 Å². The minimum absolute atomic E-state index is 0.0805. The van der Waals surface area contributed by atoms with Gasteiger partial charge in [-0.3, -0.25) is 0 Å². The van der Waals surface area contributed by atoms with Gasteiger partial charge in [0.05, 0.1) is 14.2 Å². The summed E-state index contributed by atoms with van der Waals surface area (Å²) in [5, 5.41) is 12.7. The number of aryl methyl sites for hydroxylation is 1. The van der Waals surface area contributed by atoms with Gasteiger partial charge in [-0.05, 0) is 42.3 Å². The molecule has 3 aromatic rings. The Bertz CT molecular complexity index is 932. The number of phenolic OH excluding ortho intramolecular Hbond substituents is 1. The largest absolute Gasteiger partial charge is 0.504 e. The van der Waals surface area contributed by atoms with Crippen molar-refractivity contribution in [2.75, 3.05) is 20.0 Å². The second-order valence-electron chi connectivity index (χ2n) is 5.84. The molecule has 0 spiro atoms. The Morgan fingerprint density at radius 3 is 2.33 bits per heavy atom. The van der Waals surface area contributed by atoms with Crippen molar-refractivity contribution in [3.05, 3.63) is 47.5 Å². The molecule has 0 aliphatic heterocycles. The summed E-state index contributed by atoms with van der Waals surface area (Å²) < 4.78 is 10.9. The van der Waals surface area contributed by atoms with E-state index < -0.39 is 0 Å². The van der Waals surface area contributed by atoms with Gasteiger partial charge in [0.2, 0.25) is 0 Å². The van der Waals surface area contributed by atoms with Crippen molar-refractivity contribution < 1.29 is 14.6 Å². The molecule has 3 N–H and O–H groups in total. The lowest BCUT2D eigenvalue weighted by Gasteiger charge is -2.19. The molecule has 0 unspecified atom stereocenters. The Morgan fingerprint density at radius 1 is 0.958 bits per heavy atom. The second kappa shape index (κ2) is 5.96. The molecule has 4 heteroatoms. The highest BCUT2D eigenvalue weighted by Crippen LogP contribution is 2.48. The van der Waals surface area contributed by atoms with Crippen molar-refractivity contribution >= 4 is 16.5 Å². The normalized spacial score (nSPS) is 10.8. The average Bonchev–Trinajstić information content (AvgIpc) is 2.56. The average molecular weight is 323 g/mol. The highest BCUT2D eigenvalue weighted by atomic mass is 16.5. The quantitative estimate of drug-likeness (QED) is 0.700. The molecule has 0 saturated carbocycles. The zero-order chi connectivity index (χ0) is 17.4. The first-order chi connectivity index (χ1) is 11.5. The van der Waals surface area contributed by atoms with E-state index in [2.05, 4.69) is 0 Å². The van der Waals surface area contributed by atoms with E-state index in [0.717, 1.165) is 33.2 Å². The maximum absolute atomic E-state index is 10.8. The molecule has 0 bridgehead atoms. The summed E-state index contributed by atoms with van der Waals surface area (Å²) >= 11 is 0. The van der Waals surface area contributed by atoms with Crippen LogP contribution in [-0.4, -0.2) is 19.3 Å². The summed E-state index contributed by atoms with van der Waals surface area (Å²) in [4.78, 5) is 0. The lowest BCUT2D eigenvalue weighted by Crippen LogP contribution is -2.00. The Balaban J connectivity index is 2.49. The predicted octanol–water partition coefficient (Wildman–Crippen LogP) is 4.43. The van der Waals surface area contributed by atoms with E-state index in [1.807, 2.05) is 50.2 Å². The molecule has 0 aliphatic rings. The van der Waals surface area contributed by atoms with Crippen LogP contribution in [0.3, 0.4) is 0 Å². The molecule has 3 aromatic carbocycles. The molecule has 0 aliphatic carbocycles. The highest BCUT2D eigenvalue weighted by molar-refractivity contribution is 6.05. The molecule has 0 radical (unpaired) electrons. The van der Waals surface area contributed by atoms with E-state index in [-0.39, 0.29) is 5.75 Å². The number of hydrogen-bond acceptors (Lipinski definition) is 4. The molecule has 0 fully saturated rings. The van der Waals surface area contributed by atoms with Crippen LogP contribution in [0, 0.1) is 13.8 Å². The number of hydrogen-bond donors (Lipinski definition) is 2. The van der Waals surface area contributed by atoms with Crippen LogP contribution in [0.4, 0.5) is 5.69 Å². The molecule has 0 saturated heterocycles. The zero-order valence-electron chi connectivity index (χ0n) is 14.3. The lowest BCUT2D eigenvalue weighted by atomic mass is 9.90. The molecule has 0 heterocycles. The summed E-state index contributed by atoms with van der Waals surface area (Å²) in [7, 11) is 3.18. The maximum atomic E-state index is 10.8. The molecule has 0 aromatic heterocycles. The van der Waals surface area contributed by atoms with Gasteiger partial charge in [0.25, 0.3) is 0 Å². The fraction of sp³-hybridized carbons (Fsp3) is 0.200. The smallest absolute Gasteiger partial charge is 0.166 e. The third-order valence-electron chi connectivity index (χ3n) is 4.40. The Labute approximate surface area is 141 Å². The van der Waals surface area contributed by atoms with Crippen LogP contribution < -0.4 is 15.2 Å². The molecule has 0 amide bonds. The van der Waals surface area contributed by atoms with Crippen molar-refractivity contribution in [3.8, 4) is 28.4 Å². The fourth-order valence-corrected chi connectivity index (χ4v) is 3.36. The Morgan fingerprint density at radius 2 is 1.67 bits per heavy atom. The van der Waals surface area contributed by atoms with Crippen molar-refractivity contribution in [1.82, 2.24) is 0 Å². The Hall–Kier alpha value is -2.88. The van der Waals surface area contributed by atoms with E-state index in [0.29, 0.717) is 17.0 Å². The molecule has 4 nitrogen and oxygen atoms in total. The van der Waals surface area contributed by atoms with Gasteiger partial charge in [-0.1, -0.05) is 24.3 Å². The van der Waals surface area contributed by atoms with E-state index in [1.165, 1.54) is 0 Å². The number of ether oxygens (including phenoxy) is 2. The van der Waals surface area contributed by atoms with Crippen LogP contribution >= 0.6 is 0 Å². The van der Waals surface area contributed by atoms with Gasteiger partial charge >= 0.3 is 0 Å². The maximum Gasteiger partial charge on any atom is 0.166 e. The summed E-state index contributed by atoms with van der Waals surface area (Å²) in [6, 6.07) is 11.5. The van der Waals surface area contributed by atoms with E-state index in [9.17, 15) is 5.11 Å². The van der Waals surface area contributed by atoms with Crippen molar-refractivity contribution in [2.45, 2.75) is 13.8 Å². The van der Waals surface area contributed by atoms with Crippen LogP contribution in [0.1, 0.15) is 11.1 Å². The molecular weight excluding hydrogens is 302 g/mol. The number of benzene rings is 3. The minimum atomic E-state index is 0.0805. The zero-order valence-corrected chi connectivity index (χ0v) is 14.3. The van der Waals surface area contributed by atoms with Gasteiger partial charge < -0.3 is 20.3 Å². The molecular formula is C20H21NO3. The van der Waals surface area contributed by atoms with Crippen LogP contribution in [0.25, 0.3) is 21.9 Å². The minimum Gasteiger partial charge on any atom is -0.504 e. The third kappa shape index (κ3) is 2.31. The summed E-state index contributed by atoms with van der Waals surface area (Å²) in [5.74, 6) is 1.27. The number of aromatic hydroxyl groups is 1. The lowest BCUT2D eigenvalue weighted by molar-refractivity contribution is 0.375. The van der Waals surface area contributed by atoms with Gasteiger partial charge in [-0.15, -0.1) is 0 Å². The SMILES string of the molecule is COc1cc2ccccc2c(-c2c(N)cc(C)c(OC)c2C)c1O. The summed E-state index contributed by atoms with van der Waals surface area (Å²) in [6.07, 6.45) is 0. The molecule has 24 heavy (non-hydrogen) atoms. The first-order valence-electron chi connectivity index (χ1n) is 7.72. The first kappa shape index (κ1) is 16.0. The topological polar surface area (TPSA) is 64.7 Å². The van der Waals surface area contributed by atoms with E-state index in [1.54, 1.807) is 14.2 Å². The molecule has 0 atom stereocenters. The van der Waals surface area contributed by atoms with Crippen LogP contribution in [0.2, 0.25) is 0 Å². The summed E-state index contributed by atoms with van der Waals surface area (Å²) in [6.45, 7) is 3.90.